The number of rotatable bonds is 5. The van der Waals surface area contributed by atoms with Crippen molar-refractivity contribution in [3.05, 3.63) is 84.1 Å². The van der Waals surface area contributed by atoms with Crippen molar-refractivity contribution in [3.8, 4) is 22.8 Å². The summed E-state index contributed by atoms with van der Waals surface area (Å²) in [7, 11) is 0. The highest BCUT2D eigenvalue weighted by molar-refractivity contribution is 5.71. The van der Waals surface area contributed by atoms with Crippen molar-refractivity contribution in [1.29, 1.82) is 0 Å². The van der Waals surface area contributed by atoms with E-state index in [9.17, 15) is 0 Å². The normalized spacial score (nSPS) is 10.7. The van der Waals surface area contributed by atoms with E-state index in [0.717, 1.165) is 22.8 Å². The largest absolute Gasteiger partial charge is 0.457 e. The fourth-order valence-electron chi connectivity index (χ4n) is 2.77. The molecule has 0 radical (unpaired) electrons. The lowest BCUT2D eigenvalue weighted by Gasteiger charge is -2.06. The summed E-state index contributed by atoms with van der Waals surface area (Å²) in [5.74, 6) is 2.81. The standard InChI is InChI=1S/C21H18N4O2/c22-20-10-9-18(21(23)24-20)19-13-15(25-27-19)11-14-5-4-8-17(12-14)26-16-6-2-1-3-7-16/h1-10,12-13H,11H2,(H4,22,23,24). The van der Waals surface area contributed by atoms with Crippen LogP contribution in [-0.2, 0) is 6.42 Å². The fraction of sp³-hybridized carbons (Fsp3) is 0.0476. The molecular formula is C21H18N4O2. The van der Waals surface area contributed by atoms with Crippen LogP contribution in [0.25, 0.3) is 11.3 Å². The Hall–Kier alpha value is -3.80. The topological polar surface area (TPSA) is 100 Å². The quantitative estimate of drug-likeness (QED) is 0.552. The van der Waals surface area contributed by atoms with Crippen LogP contribution in [0.3, 0.4) is 0 Å². The van der Waals surface area contributed by atoms with E-state index in [1.807, 2.05) is 60.7 Å². The van der Waals surface area contributed by atoms with Crippen LogP contribution in [0.5, 0.6) is 11.5 Å². The van der Waals surface area contributed by atoms with Crippen LogP contribution < -0.4 is 16.2 Å². The second-order valence-electron chi connectivity index (χ2n) is 6.09. The minimum atomic E-state index is 0.316. The van der Waals surface area contributed by atoms with Crippen molar-refractivity contribution in [2.75, 3.05) is 11.5 Å². The van der Waals surface area contributed by atoms with Crippen molar-refractivity contribution in [1.82, 2.24) is 10.1 Å². The average molecular weight is 358 g/mol. The first-order valence-electron chi connectivity index (χ1n) is 8.47. The number of anilines is 2. The molecule has 6 nitrogen and oxygen atoms in total. The van der Waals surface area contributed by atoms with Gasteiger partial charge in [0.15, 0.2) is 5.76 Å². The number of para-hydroxylation sites is 1. The lowest BCUT2D eigenvalue weighted by atomic mass is 10.1. The third kappa shape index (κ3) is 3.90. The molecule has 4 aromatic rings. The van der Waals surface area contributed by atoms with E-state index in [1.54, 1.807) is 12.1 Å². The van der Waals surface area contributed by atoms with Crippen molar-refractivity contribution >= 4 is 11.6 Å². The Kier molecular flexibility index (Phi) is 4.45. The molecule has 2 aromatic carbocycles. The zero-order valence-electron chi connectivity index (χ0n) is 14.5. The van der Waals surface area contributed by atoms with Crippen LogP contribution in [0, 0.1) is 0 Å². The summed E-state index contributed by atoms with van der Waals surface area (Å²) in [4.78, 5) is 4.05. The van der Waals surface area contributed by atoms with Gasteiger partial charge in [0.2, 0.25) is 0 Å². The highest BCUT2D eigenvalue weighted by Crippen LogP contribution is 2.27. The molecule has 0 unspecified atom stereocenters. The molecule has 4 N–H and O–H groups in total. The first-order valence-corrected chi connectivity index (χ1v) is 8.47. The van der Waals surface area contributed by atoms with Gasteiger partial charge in [-0.3, -0.25) is 0 Å². The number of nitrogens with zero attached hydrogens (tertiary/aromatic N) is 2. The number of aromatic nitrogens is 2. The van der Waals surface area contributed by atoms with Gasteiger partial charge < -0.3 is 20.7 Å². The minimum absolute atomic E-state index is 0.316. The molecule has 0 aliphatic carbocycles. The first-order chi connectivity index (χ1) is 13.2. The van der Waals surface area contributed by atoms with Crippen molar-refractivity contribution < 1.29 is 9.26 Å². The van der Waals surface area contributed by atoms with Gasteiger partial charge >= 0.3 is 0 Å². The molecule has 0 aliphatic rings. The summed E-state index contributed by atoms with van der Waals surface area (Å²) in [5, 5.41) is 4.13. The molecule has 0 aliphatic heterocycles. The fourth-order valence-corrected chi connectivity index (χ4v) is 2.77. The van der Waals surface area contributed by atoms with E-state index in [1.165, 1.54) is 0 Å². The number of pyridine rings is 1. The average Bonchev–Trinajstić information content (AvgIpc) is 3.11. The van der Waals surface area contributed by atoms with Crippen LogP contribution in [0.15, 0.2) is 77.3 Å². The van der Waals surface area contributed by atoms with Crippen LogP contribution in [0.2, 0.25) is 0 Å². The maximum atomic E-state index is 5.91. The van der Waals surface area contributed by atoms with Gasteiger partial charge in [-0.15, -0.1) is 0 Å². The van der Waals surface area contributed by atoms with Gasteiger partial charge in [0.05, 0.1) is 11.3 Å². The van der Waals surface area contributed by atoms with Crippen LogP contribution in [-0.4, -0.2) is 10.1 Å². The lowest BCUT2D eigenvalue weighted by molar-refractivity contribution is 0.425. The molecule has 0 fully saturated rings. The van der Waals surface area contributed by atoms with E-state index in [0.29, 0.717) is 29.4 Å². The molecule has 2 heterocycles. The highest BCUT2D eigenvalue weighted by Gasteiger charge is 2.12. The van der Waals surface area contributed by atoms with Crippen molar-refractivity contribution in [2.24, 2.45) is 0 Å². The second kappa shape index (κ2) is 7.21. The summed E-state index contributed by atoms with van der Waals surface area (Å²) in [5.41, 5.74) is 14.1. The third-order valence-corrected chi connectivity index (χ3v) is 4.03. The van der Waals surface area contributed by atoms with E-state index in [2.05, 4.69) is 10.1 Å². The highest BCUT2D eigenvalue weighted by atomic mass is 16.5. The molecule has 0 atom stereocenters. The molecule has 2 aromatic heterocycles. The SMILES string of the molecule is Nc1ccc(-c2cc(Cc3cccc(Oc4ccccc4)c3)no2)c(N)n1. The zero-order chi connectivity index (χ0) is 18.6. The maximum absolute atomic E-state index is 5.91. The Labute approximate surface area is 156 Å². The first kappa shape index (κ1) is 16.7. The third-order valence-electron chi connectivity index (χ3n) is 4.03. The summed E-state index contributed by atoms with van der Waals surface area (Å²) in [6.07, 6.45) is 0.609. The molecular weight excluding hydrogens is 340 g/mol. The Morgan fingerprint density at radius 1 is 0.852 bits per heavy atom. The molecule has 0 bridgehead atoms. The van der Waals surface area contributed by atoms with Gasteiger partial charge in [0.25, 0.3) is 0 Å². The molecule has 0 spiro atoms. The van der Waals surface area contributed by atoms with E-state index >= 15 is 0 Å². The second-order valence-corrected chi connectivity index (χ2v) is 6.09. The Morgan fingerprint density at radius 2 is 1.67 bits per heavy atom. The number of ether oxygens (including phenoxy) is 1. The van der Waals surface area contributed by atoms with Crippen molar-refractivity contribution in [2.45, 2.75) is 6.42 Å². The summed E-state index contributed by atoms with van der Waals surface area (Å²) in [6, 6.07) is 22.9. The zero-order valence-corrected chi connectivity index (χ0v) is 14.5. The number of benzene rings is 2. The Morgan fingerprint density at radius 3 is 2.48 bits per heavy atom. The monoisotopic (exact) mass is 358 g/mol. The summed E-state index contributed by atoms with van der Waals surface area (Å²) in [6.45, 7) is 0. The number of nitrogens with two attached hydrogens (primary N) is 2. The minimum Gasteiger partial charge on any atom is -0.457 e. The molecule has 0 saturated heterocycles. The van der Waals surface area contributed by atoms with Crippen molar-refractivity contribution in [3.63, 3.8) is 0 Å². The van der Waals surface area contributed by atoms with Gasteiger partial charge in [0.1, 0.15) is 23.1 Å². The molecule has 6 heteroatoms. The molecule has 0 saturated carbocycles. The Balaban J connectivity index is 1.51. The molecule has 0 amide bonds. The van der Waals surface area contributed by atoms with Gasteiger partial charge in [-0.1, -0.05) is 35.5 Å². The molecule has 4 rings (SSSR count). The lowest BCUT2D eigenvalue weighted by Crippen LogP contribution is -1.97. The number of hydrogen-bond donors (Lipinski definition) is 2. The van der Waals surface area contributed by atoms with Gasteiger partial charge in [-0.05, 0) is 42.0 Å². The number of hydrogen-bond acceptors (Lipinski definition) is 6. The predicted molar refractivity (Wildman–Crippen MR) is 104 cm³/mol. The van der Waals surface area contributed by atoms with Crippen LogP contribution in [0.4, 0.5) is 11.6 Å². The van der Waals surface area contributed by atoms with Crippen LogP contribution >= 0.6 is 0 Å². The molecule has 27 heavy (non-hydrogen) atoms. The van der Waals surface area contributed by atoms with Gasteiger partial charge in [-0.2, -0.15) is 0 Å². The number of nitrogen functional groups attached to an aromatic ring is 2. The van der Waals surface area contributed by atoms with E-state index < -0.39 is 0 Å². The summed E-state index contributed by atoms with van der Waals surface area (Å²) < 4.78 is 11.3. The van der Waals surface area contributed by atoms with Crippen LogP contribution in [0.1, 0.15) is 11.3 Å². The predicted octanol–water partition coefficient (Wildman–Crippen LogP) is 4.28. The van der Waals surface area contributed by atoms with Gasteiger partial charge in [0, 0.05) is 12.5 Å². The summed E-state index contributed by atoms with van der Waals surface area (Å²) >= 11 is 0. The van der Waals surface area contributed by atoms with Gasteiger partial charge in [-0.25, -0.2) is 4.98 Å². The van der Waals surface area contributed by atoms with E-state index in [4.69, 9.17) is 20.7 Å². The molecule has 134 valence electrons. The smallest absolute Gasteiger partial charge is 0.170 e. The van der Waals surface area contributed by atoms with E-state index in [-0.39, 0.29) is 0 Å². The maximum Gasteiger partial charge on any atom is 0.170 e. The Bertz CT molecular complexity index is 1060.